The molecule has 0 bridgehead atoms. The summed E-state index contributed by atoms with van der Waals surface area (Å²) in [5, 5.41) is 3.96. The molecule has 1 fully saturated rings. The number of thioether (sulfide) groups is 1. The number of benzene rings is 2. The highest BCUT2D eigenvalue weighted by molar-refractivity contribution is 7.99. The summed E-state index contributed by atoms with van der Waals surface area (Å²) in [4.78, 5) is 12.7. The van der Waals surface area contributed by atoms with Gasteiger partial charge in [0.05, 0.1) is 25.2 Å². The van der Waals surface area contributed by atoms with Crippen LogP contribution in [0.5, 0.6) is 5.75 Å². The third-order valence-electron chi connectivity index (χ3n) is 6.67. The van der Waals surface area contributed by atoms with Crippen molar-refractivity contribution in [3.05, 3.63) is 53.1 Å². The Morgan fingerprint density at radius 1 is 1.12 bits per heavy atom. The fourth-order valence-corrected chi connectivity index (χ4v) is 6.02. The van der Waals surface area contributed by atoms with Crippen LogP contribution in [0.2, 0.25) is 0 Å². The molecule has 2 atom stereocenters. The van der Waals surface area contributed by atoms with Gasteiger partial charge < -0.3 is 9.47 Å². The van der Waals surface area contributed by atoms with Gasteiger partial charge in [0.1, 0.15) is 5.75 Å². The minimum absolute atomic E-state index is 0.0815. The summed E-state index contributed by atoms with van der Waals surface area (Å²) in [6.07, 6.45) is 8.03. The fraction of sp³-hybridized carbons (Fsp3) is 0.536. The molecule has 0 aromatic heterocycles. The summed E-state index contributed by atoms with van der Waals surface area (Å²) in [6, 6.07) is 12.5. The van der Waals surface area contributed by atoms with Crippen LogP contribution >= 0.6 is 11.8 Å². The molecule has 1 aliphatic rings. The second kappa shape index (κ2) is 12.5. The van der Waals surface area contributed by atoms with Gasteiger partial charge in [-0.2, -0.15) is 0 Å². The number of esters is 1. The van der Waals surface area contributed by atoms with Crippen molar-refractivity contribution in [2.24, 2.45) is 5.92 Å². The van der Waals surface area contributed by atoms with Crippen molar-refractivity contribution in [1.29, 1.82) is 0 Å². The van der Waals surface area contributed by atoms with Crippen molar-refractivity contribution in [2.45, 2.75) is 70.7 Å². The lowest BCUT2D eigenvalue weighted by molar-refractivity contribution is 0.0601. The van der Waals surface area contributed by atoms with E-state index in [-0.39, 0.29) is 11.3 Å². The molecule has 0 radical (unpaired) electrons. The van der Waals surface area contributed by atoms with Gasteiger partial charge in [-0.05, 0) is 60.8 Å². The average molecular weight is 470 g/mol. The molecule has 1 aliphatic carbocycles. The SMILES string of the molecule is CCSC(NC(C)CC1CCCCC1)c1cc(-c2ccccc2C)c(C(=O)OC)cc1OC. The number of rotatable bonds is 10. The van der Waals surface area contributed by atoms with Crippen molar-refractivity contribution in [3.8, 4) is 16.9 Å². The van der Waals surface area contributed by atoms with E-state index in [1.165, 1.54) is 45.6 Å². The molecule has 5 heteroatoms. The van der Waals surface area contributed by atoms with Crippen molar-refractivity contribution in [2.75, 3.05) is 20.0 Å². The van der Waals surface area contributed by atoms with Crippen LogP contribution in [0, 0.1) is 12.8 Å². The Bertz CT molecular complexity index is 923. The van der Waals surface area contributed by atoms with E-state index in [2.05, 4.69) is 44.3 Å². The minimum Gasteiger partial charge on any atom is -0.496 e. The predicted molar refractivity (Wildman–Crippen MR) is 139 cm³/mol. The Hall–Kier alpha value is -1.98. The molecule has 180 valence electrons. The van der Waals surface area contributed by atoms with Gasteiger partial charge in [-0.1, -0.05) is 63.3 Å². The number of nitrogens with one attached hydrogen (secondary N) is 1. The number of ether oxygens (including phenoxy) is 2. The highest BCUT2D eigenvalue weighted by Gasteiger charge is 2.25. The largest absolute Gasteiger partial charge is 0.496 e. The van der Waals surface area contributed by atoms with Gasteiger partial charge in [-0.25, -0.2) is 4.79 Å². The third-order valence-corrected chi connectivity index (χ3v) is 7.73. The Balaban J connectivity index is 1.99. The van der Waals surface area contributed by atoms with Crippen molar-refractivity contribution in [3.63, 3.8) is 0 Å². The Morgan fingerprint density at radius 2 is 1.85 bits per heavy atom. The first-order valence-corrected chi connectivity index (χ1v) is 13.3. The van der Waals surface area contributed by atoms with Crippen LogP contribution in [0.15, 0.2) is 36.4 Å². The van der Waals surface area contributed by atoms with E-state index in [1.54, 1.807) is 7.11 Å². The van der Waals surface area contributed by atoms with Crippen LogP contribution < -0.4 is 10.1 Å². The number of hydrogen-bond acceptors (Lipinski definition) is 5. The van der Waals surface area contributed by atoms with E-state index >= 15 is 0 Å². The lowest BCUT2D eigenvalue weighted by atomic mass is 9.85. The summed E-state index contributed by atoms with van der Waals surface area (Å²) in [5.74, 6) is 2.17. The zero-order valence-electron chi connectivity index (χ0n) is 20.8. The molecule has 0 spiro atoms. The summed E-state index contributed by atoms with van der Waals surface area (Å²) in [5.41, 5.74) is 4.65. The van der Waals surface area contributed by atoms with Gasteiger partial charge in [0.15, 0.2) is 0 Å². The Morgan fingerprint density at radius 3 is 2.48 bits per heavy atom. The van der Waals surface area contributed by atoms with Crippen LogP contribution in [0.4, 0.5) is 0 Å². The maximum absolute atomic E-state index is 12.7. The van der Waals surface area contributed by atoms with Crippen molar-refractivity contribution >= 4 is 17.7 Å². The van der Waals surface area contributed by atoms with E-state index in [4.69, 9.17) is 9.47 Å². The second-order valence-corrected chi connectivity index (χ2v) is 10.5. The van der Waals surface area contributed by atoms with Crippen molar-refractivity contribution in [1.82, 2.24) is 5.32 Å². The first-order chi connectivity index (χ1) is 16.0. The van der Waals surface area contributed by atoms with Crippen LogP contribution in [0.3, 0.4) is 0 Å². The van der Waals surface area contributed by atoms with Crippen LogP contribution in [0.25, 0.3) is 11.1 Å². The molecule has 0 amide bonds. The molecular formula is C28H39NO3S. The minimum atomic E-state index is -0.351. The first kappa shape index (κ1) is 25.6. The number of methoxy groups -OCH3 is 2. The van der Waals surface area contributed by atoms with E-state index in [0.29, 0.717) is 11.6 Å². The normalized spacial score (nSPS) is 16.3. The number of carbonyl (C=O) groups excluding carboxylic acids is 1. The smallest absolute Gasteiger partial charge is 0.338 e. The van der Waals surface area contributed by atoms with Gasteiger partial charge in [0, 0.05) is 11.6 Å². The number of carbonyl (C=O) groups is 1. The molecule has 2 aromatic carbocycles. The molecule has 1 N–H and O–H groups in total. The standard InChI is InChI=1S/C28H39NO3S/c1-6-33-27(29-20(3)16-21-13-8-7-9-14-21)25-17-23(22-15-11-10-12-19(22)2)24(28(30)32-5)18-26(25)31-4/h10-12,15,17-18,20-21,27,29H,6-9,13-14,16H2,1-5H3. The topological polar surface area (TPSA) is 47.6 Å². The Labute approximate surface area is 203 Å². The summed E-state index contributed by atoms with van der Waals surface area (Å²) in [6.45, 7) is 6.56. The summed E-state index contributed by atoms with van der Waals surface area (Å²) in [7, 11) is 3.10. The molecule has 33 heavy (non-hydrogen) atoms. The summed E-state index contributed by atoms with van der Waals surface area (Å²) >= 11 is 1.87. The number of hydrogen-bond donors (Lipinski definition) is 1. The average Bonchev–Trinajstić information content (AvgIpc) is 2.83. The first-order valence-electron chi connectivity index (χ1n) is 12.2. The van der Waals surface area contributed by atoms with Crippen LogP contribution in [-0.4, -0.2) is 32.0 Å². The number of aryl methyl sites for hydroxylation is 1. The highest BCUT2D eigenvalue weighted by atomic mass is 32.2. The van der Waals surface area contributed by atoms with Crippen LogP contribution in [0.1, 0.15) is 79.2 Å². The quantitative estimate of drug-likeness (QED) is 0.295. The monoisotopic (exact) mass is 469 g/mol. The lowest BCUT2D eigenvalue weighted by Gasteiger charge is -2.29. The Kier molecular flexibility index (Phi) is 9.69. The summed E-state index contributed by atoms with van der Waals surface area (Å²) < 4.78 is 10.9. The molecule has 2 unspecified atom stereocenters. The van der Waals surface area contributed by atoms with E-state index in [0.717, 1.165) is 39.7 Å². The third kappa shape index (κ3) is 6.54. The zero-order valence-corrected chi connectivity index (χ0v) is 21.6. The van der Waals surface area contributed by atoms with E-state index in [1.807, 2.05) is 30.0 Å². The van der Waals surface area contributed by atoms with Gasteiger partial charge in [0.25, 0.3) is 0 Å². The second-order valence-electron chi connectivity index (χ2n) is 9.09. The highest BCUT2D eigenvalue weighted by Crippen LogP contribution is 2.40. The van der Waals surface area contributed by atoms with Gasteiger partial charge in [-0.3, -0.25) is 5.32 Å². The van der Waals surface area contributed by atoms with Gasteiger partial charge in [-0.15, -0.1) is 11.8 Å². The zero-order chi connectivity index (χ0) is 23.8. The van der Waals surface area contributed by atoms with Crippen LogP contribution in [-0.2, 0) is 4.74 Å². The molecule has 3 rings (SSSR count). The van der Waals surface area contributed by atoms with Crippen molar-refractivity contribution < 1.29 is 14.3 Å². The maximum atomic E-state index is 12.7. The molecule has 4 nitrogen and oxygen atoms in total. The molecule has 0 aliphatic heterocycles. The lowest BCUT2D eigenvalue weighted by Crippen LogP contribution is -2.31. The molecular weight excluding hydrogens is 430 g/mol. The molecule has 0 saturated heterocycles. The fourth-order valence-electron chi connectivity index (χ4n) is 5.00. The molecule has 2 aromatic rings. The molecule has 1 saturated carbocycles. The van der Waals surface area contributed by atoms with E-state index < -0.39 is 0 Å². The molecule has 0 heterocycles. The van der Waals surface area contributed by atoms with Gasteiger partial charge in [0.2, 0.25) is 0 Å². The predicted octanol–water partition coefficient (Wildman–Crippen LogP) is 7.16. The van der Waals surface area contributed by atoms with Gasteiger partial charge >= 0.3 is 5.97 Å². The maximum Gasteiger partial charge on any atom is 0.338 e. The van der Waals surface area contributed by atoms with E-state index in [9.17, 15) is 4.79 Å².